The van der Waals surface area contributed by atoms with Crippen LogP contribution in [0, 0.1) is 0 Å². The van der Waals surface area contributed by atoms with Gasteiger partial charge < -0.3 is 0 Å². The Labute approximate surface area is 68.8 Å². The second-order valence-electron chi connectivity index (χ2n) is 1.77. The Morgan fingerprint density at radius 3 is 0.857 bits per heavy atom. The van der Waals surface area contributed by atoms with Crippen LogP contribution in [0.5, 0.6) is 0 Å². The van der Waals surface area contributed by atoms with Crippen LogP contribution < -0.4 is 0 Å². The van der Waals surface area contributed by atoms with Gasteiger partial charge in [0.05, 0.1) is 0 Å². The lowest BCUT2D eigenvalue weighted by Gasteiger charge is -1.67. The monoisotopic (exact) mass is 324 g/mol. The van der Waals surface area contributed by atoms with Crippen molar-refractivity contribution in [2.24, 2.45) is 0 Å². The van der Waals surface area contributed by atoms with E-state index in [1.165, 1.54) is 32.1 Å². The molecule has 0 amide bonds. The Balaban J connectivity index is 0.000000162. The van der Waals surface area contributed by atoms with E-state index < -0.39 is 0 Å². The molecule has 0 N–H and O–H groups in total. The molecule has 0 radical (unpaired) electrons. The summed E-state index contributed by atoms with van der Waals surface area (Å²) in [5.41, 5.74) is 0. The topological polar surface area (TPSA) is 0 Å². The van der Waals surface area contributed by atoms with Gasteiger partial charge in [0.25, 0.3) is 0 Å². The van der Waals surface area contributed by atoms with Crippen molar-refractivity contribution in [2.45, 2.75) is 32.1 Å². The smallest absolute Gasteiger partial charge is 0 e. The highest BCUT2D eigenvalue weighted by atomic mass is 128. The van der Waals surface area contributed by atoms with Crippen LogP contribution in [0.25, 0.3) is 0 Å². The average Bonchev–Trinajstić information content (AvgIpc) is 2.23. The van der Waals surface area contributed by atoms with Crippen LogP contribution in [0.2, 0.25) is 0 Å². The Morgan fingerprint density at radius 2 is 0.714 bits per heavy atom. The zero-order valence-electron chi connectivity index (χ0n) is 4.29. The van der Waals surface area contributed by atoms with Crippen molar-refractivity contribution >= 4 is 37.2 Å². The highest BCUT2D eigenvalue weighted by Gasteiger charge is 1.95. The van der Waals surface area contributed by atoms with Crippen molar-refractivity contribution < 1.29 is 0 Å². The second-order valence-corrected chi connectivity index (χ2v) is 1.77. The van der Waals surface area contributed by atoms with Gasteiger partial charge >= 0.3 is 0 Å². The van der Waals surface area contributed by atoms with Gasteiger partial charge in [0.15, 0.2) is 0 Å². The lowest BCUT2D eigenvalue weighted by Crippen LogP contribution is -1.47. The maximum absolute atomic E-state index is 2.12. The molecule has 0 bridgehead atoms. The minimum absolute atomic E-state index is 1.50. The molecule has 1 saturated carbocycles. The number of hydrogen-bond acceptors (Lipinski definition) is 0. The van der Waals surface area contributed by atoms with E-state index in [1.807, 2.05) is 0 Å². The first-order valence-corrected chi connectivity index (χ1v) is 8.93. The maximum atomic E-state index is 2.12. The molecule has 7 heavy (non-hydrogen) atoms. The van der Waals surface area contributed by atoms with Gasteiger partial charge in [-0.1, -0.05) is 32.1 Å². The van der Waals surface area contributed by atoms with Crippen LogP contribution in [-0.4, -0.2) is 0 Å². The third-order valence-corrected chi connectivity index (χ3v) is 1.25. The fourth-order valence-corrected chi connectivity index (χ4v) is 0.884. The molecule has 0 atom stereocenters. The summed E-state index contributed by atoms with van der Waals surface area (Å²) in [7, 11) is 0. The number of hydrogen-bond donors (Lipinski definition) is 0. The first-order valence-electron chi connectivity index (χ1n) is 2.64. The third kappa shape index (κ3) is 5.33. The van der Waals surface area contributed by atoms with E-state index in [4.69, 9.17) is 0 Å². The van der Waals surface area contributed by atoms with E-state index in [1.54, 1.807) is 0 Å². The summed E-state index contributed by atoms with van der Waals surface area (Å²) in [5.74, 6) is 0. The maximum Gasteiger partial charge on any atom is 0 e. The molecular formula is C5H10I2. The quantitative estimate of drug-likeness (QED) is 0.596. The van der Waals surface area contributed by atoms with Crippen LogP contribution in [0.3, 0.4) is 0 Å². The van der Waals surface area contributed by atoms with Gasteiger partial charge in [0, 0.05) is 37.2 Å². The average molecular weight is 324 g/mol. The molecule has 0 spiro atoms. The molecule has 0 nitrogen and oxygen atoms in total. The molecule has 44 valence electrons. The third-order valence-electron chi connectivity index (χ3n) is 1.25. The van der Waals surface area contributed by atoms with Crippen molar-refractivity contribution in [1.82, 2.24) is 0 Å². The zero-order chi connectivity index (χ0) is 5.54. The van der Waals surface area contributed by atoms with E-state index in [0.29, 0.717) is 0 Å². The normalized spacial score (nSPS) is 18.0. The van der Waals surface area contributed by atoms with E-state index in [0.717, 1.165) is 0 Å². The predicted octanol–water partition coefficient (Wildman–Crippen LogP) is 3.72. The van der Waals surface area contributed by atoms with E-state index in [-0.39, 0.29) is 0 Å². The van der Waals surface area contributed by atoms with Crippen molar-refractivity contribution in [1.29, 1.82) is 0 Å². The molecule has 2 heteroatoms. The van der Waals surface area contributed by atoms with Crippen LogP contribution in [0.1, 0.15) is 32.1 Å². The van der Waals surface area contributed by atoms with Gasteiger partial charge in [-0.15, -0.1) is 0 Å². The predicted molar refractivity (Wildman–Crippen MR) is 51.1 cm³/mol. The lowest BCUT2D eigenvalue weighted by molar-refractivity contribution is 0.886. The number of rotatable bonds is 0. The Morgan fingerprint density at radius 1 is 0.571 bits per heavy atom. The van der Waals surface area contributed by atoms with Gasteiger partial charge in [-0.3, -0.25) is 0 Å². The van der Waals surface area contributed by atoms with Gasteiger partial charge in [-0.05, 0) is 0 Å². The van der Waals surface area contributed by atoms with Crippen LogP contribution >= 0.6 is 37.2 Å². The largest absolute Gasteiger partial charge is 0.0533 e. The highest BCUT2D eigenvalue weighted by molar-refractivity contribution is 15.0. The van der Waals surface area contributed by atoms with E-state index >= 15 is 0 Å². The Bertz CT molecular complexity index is 17.7. The molecule has 0 saturated heterocycles. The van der Waals surface area contributed by atoms with E-state index in [2.05, 4.69) is 37.2 Å². The molecule has 0 unspecified atom stereocenters. The SMILES string of the molecule is C1CCCC1.II. The minimum atomic E-state index is 1.50. The summed E-state index contributed by atoms with van der Waals surface area (Å²) in [4.78, 5) is 0. The standard InChI is InChI=1S/C5H10.I2/c1-2-4-5-3-1;1-2/h1-5H2;. The molecule has 0 aromatic rings. The minimum Gasteiger partial charge on any atom is -0.0533 e. The summed E-state index contributed by atoms with van der Waals surface area (Å²) in [6.45, 7) is 0. The van der Waals surface area contributed by atoms with Crippen molar-refractivity contribution in [3.05, 3.63) is 0 Å². The van der Waals surface area contributed by atoms with Crippen molar-refractivity contribution in [2.75, 3.05) is 0 Å². The Kier molecular flexibility index (Phi) is 9.02. The van der Waals surface area contributed by atoms with Crippen LogP contribution in [0.15, 0.2) is 0 Å². The lowest BCUT2D eigenvalue weighted by atomic mass is 10.4. The summed E-state index contributed by atoms with van der Waals surface area (Å²) in [5, 5.41) is 0. The van der Waals surface area contributed by atoms with Gasteiger partial charge in [-0.2, -0.15) is 0 Å². The fourth-order valence-electron chi connectivity index (χ4n) is 0.884. The zero-order valence-corrected chi connectivity index (χ0v) is 8.61. The number of halogens is 2. The second kappa shape index (κ2) is 7.46. The van der Waals surface area contributed by atoms with Gasteiger partial charge in [0.2, 0.25) is 0 Å². The molecule has 0 heterocycles. The van der Waals surface area contributed by atoms with Crippen molar-refractivity contribution in [3.63, 3.8) is 0 Å². The fraction of sp³-hybridized carbons (Fsp3) is 1.00. The molecule has 1 rings (SSSR count). The molecule has 1 aliphatic rings. The molecule has 0 aliphatic heterocycles. The molecule has 1 aliphatic carbocycles. The van der Waals surface area contributed by atoms with Crippen molar-refractivity contribution in [3.8, 4) is 0 Å². The summed E-state index contributed by atoms with van der Waals surface area (Å²) >= 11 is 4.24. The molecule has 1 fully saturated rings. The van der Waals surface area contributed by atoms with E-state index in [9.17, 15) is 0 Å². The van der Waals surface area contributed by atoms with Gasteiger partial charge in [-0.25, -0.2) is 0 Å². The first kappa shape index (κ1) is 8.46. The molecular weight excluding hydrogens is 314 g/mol. The van der Waals surface area contributed by atoms with Crippen LogP contribution in [0.4, 0.5) is 0 Å². The Hall–Kier alpha value is 1.46. The summed E-state index contributed by atoms with van der Waals surface area (Å²) in [6.07, 6.45) is 7.50. The highest BCUT2D eigenvalue weighted by Crippen LogP contribution is 2.15. The first-order chi connectivity index (χ1) is 3.50. The molecule has 0 aromatic carbocycles. The molecule has 0 aromatic heterocycles. The summed E-state index contributed by atoms with van der Waals surface area (Å²) in [6, 6.07) is 0. The summed E-state index contributed by atoms with van der Waals surface area (Å²) < 4.78 is 0. The van der Waals surface area contributed by atoms with Crippen LogP contribution in [-0.2, 0) is 0 Å². The van der Waals surface area contributed by atoms with Gasteiger partial charge in [0.1, 0.15) is 0 Å².